The van der Waals surface area contributed by atoms with Gasteiger partial charge in [-0.3, -0.25) is 0 Å². The highest BCUT2D eigenvalue weighted by Crippen LogP contribution is 2.28. The van der Waals surface area contributed by atoms with Gasteiger partial charge in [0.25, 0.3) is 0 Å². The van der Waals surface area contributed by atoms with Crippen molar-refractivity contribution in [2.24, 2.45) is 5.92 Å². The van der Waals surface area contributed by atoms with E-state index in [-0.39, 0.29) is 18.7 Å². The van der Waals surface area contributed by atoms with Gasteiger partial charge >= 0.3 is 6.03 Å². The van der Waals surface area contributed by atoms with E-state index in [0.717, 1.165) is 29.8 Å². The molecule has 2 amide bonds. The van der Waals surface area contributed by atoms with Gasteiger partial charge in [-0.05, 0) is 55.9 Å². The Kier molecular flexibility index (Phi) is 6.71. The maximum Gasteiger partial charge on any atom is 0.319 e. The lowest BCUT2D eigenvalue weighted by molar-refractivity contribution is 0.202. The van der Waals surface area contributed by atoms with Crippen LogP contribution in [0.25, 0.3) is 0 Å². The number of carbonyl (C=O) groups excluding carboxylic acids is 1. The van der Waals surface area contributed by atoms with Gasteiger partial charge in [-0.2, -0.15) is 0 Å². The van der Waals surface area contributed by atoms with Crippen molar-refractivity contribution in [3.63, 3.8) is 0 Å². The van der Waals surface area contributed by atoms with E-state index in [1.165, 1.54) is 19.3 Å². The van der Waals surface area contributed by atoms with E-state index in [4.69, 9.17) is 4.74 Å². The molecule has 1 aliphatic rings. The minimum Gasteiger partial charge on any atom is -0.497 e. The van der Waals surface area contributed by atoms with E-state index in [0.29, 0.717) is 12.3 Å². The number of hydrogen-bond acceptors (Lipinski definition) is 3. The molecule has 23 heavy (non-hydrogen) atoms. The Morgan fingerprint density at radius 1 is 1.35 bits per heavy atom. The maximum atomic E-state index is 12.3. The molecule has 2 rings (SSSR count). The van der Waals surface area contributed by atoms with Crippen molar-refractivity contribution in [1.29, 1.82) is 0 Å². The molecule has 1 aromatic rings. The van der Waals surface area contributed by atoms with Crippen molar-refractivity contribution in [1.82, 2.24) is 5.32 Å². The molecule has 5 heteroatoms. The molecule has 0 heterocycles. The third kappa shape index (κ3) is 5.13. The van der Waals surface area contributed by atoms with Crippen molar-refractivity contribution in [2.45, 2.75) is 51.5 Å². The lowest BCUT2D eigenvalue weighted by Crippen LogP contribution is -2.43. The van der Waals surface area contributed by atoms with Crippen LogP contribution in [-0.2, 0) is 0 Å². The van der Waals surface area contributed by atoms with Crippen LogP contribution in [0.1, 0.15) is 44.1 Å². The fourth-order valence-corrected chi connectivity index (χ4v) is 3.33. The van der Waals surface area contributed by atoms with E-state index < -0.39 is 0 Å². The number of aryl methyl sites for hydroxylation is 1. The Hall–Kier alpha value is -1.75. The molecule has 1 aliphatic carbocycles. The van der Waals surface area contributed by atoms with Gasteiger partial charge in [0, 0.05) is 18.3 Å². The topological polar surface area (TPSA) is 70.6 Å². The van der Waals surface area contributed by atoms with Gasteiger partial charge in [0.15, 0.2) is 0 Å². The van der Waals surface area contributed by atoms with Crippen LogP contribution in [0.3, 0.4) is 0 Å². The van der Waals surface area contributed by atoms with E-state index >= 15 is 0 Å². The highest BCUT2D eigenvalue weighted by Gasteiger charge is 2.24. The molecule has 3 N–H and O–H groups in total. The summed E-state index contributed by atoms with van der Waals surface area (Å²) in [6.45, 7) is 2.04. The molecule has 0 aliphatic heterocycles. The SMILES string of the molecule is COc1ccc(NC(=O)NC(CCO)C2CCCCC2)c(C)c1. The minimum atomic E-state index is -0.206. The maximum absolute atomic E-state index is 12.3. The summed E-state index contributed by atoms with van der Waals surface area (Å²) in [6.07, 6.45) is 6.58. The predicted octanol–water partition coefficient (Wildman–Crippen LogP) is 3.46. The first kappa shape index (κ1) is 17.6. The van der Waals surface area contributed by atoms with E-state index in [1.807, 2.05) is 25.1 Å². The lowest BCUT2D eigenvalue weighted by Gasteiger charge is -2.30. The van der Waals surface area contributed by atoms with Gasteiger partial charge in [-0.1, -0.05) is 19.3 Å². The van der Waals surface area contributed by atoms with Gasteiger partial charge in [0.05, 0.1) is 7.11 Å². The molecule has 1 aromatic carbocycles. The molecule has 0 aromatic heterocycles. The van der Waals surface area contributed by atoms with Crippen molar-refractivity contribution in [2.75, 3.05) is 19.0 Å². The number of benzene rings is 1. The molecular formula is C18H28N2O3. The smallest absolute Gasteiger partial charge is 0.319 e. The predicted molar refractivity (Wildman–Crippen MR) is 92.0 cm³/mol. The molecule has 0 radical (unpaired) electrons. The van der Waals surface area contributed by atoms with Crippen molar-refractivity contribution in [3.8, 4) is 5.75 Å². The van der Waals surface area contributed by atoms with Gasteiger partial charge in [0.1, 0.15) is 5.75 Å². The molecule has 0 bridgehead atoms. The lowest BCUT2D eigenvalue weighted by atomic mass is 9.83. The zero-order valence-electron chi connectivity index (χ0n) is 14.1. The van der Waals surface area contributed by atoms with Crippen molar-refractivity contribution < 1.29 is 14.6 Å². The number of amides is 2. The first-order valence-electron chi connectivity index (χ1n) is 8.47. The number of carbonyl (C=O) groups is 1. The van der Waals surface area contributed by atoms with Gasteiger partial charge in [0.2, 0.25) is 0 Å². The summed E-state index contributed by atoms with van der Waals surface area (Å²) in [4.78, 5) is 12.3. The van der Waals surface area contributed by atoms with E-state index in [9.17, 15) is 9.90 Å². The fourth-order valence-electron chi connectivity index (χ4n) is 3.33. The second kappa shape index (κ2) is 8.77. The van der Waals surface area contributed by atoms with E-state index in [1.54, 1.807) is 7.11 Å². The highest BCUT2D eigenvalue weighted by atomic mass is 16.5. The number of nitrogens with one attached hydrogen (secondary N) is 2. The zero-order valence-corrected chi connectivity index (χ0v) is 14.1. The number of rotatable bonds is 6. The third-order valence-electron chi connectivity index (χ3n) is 4.66. The minimum absolute atomic E-state index is 0.0406. The molecule has 1 fully saturated rings. The molecular weight excluding hydrogens is 292 g/mol. The number of hydrogen-bond donors (Lipinski definition) is 3. The summed E-state index contributed by atoms with van der Waals surface area (Å²) in [5, 5.41) is 15.2. The Morgan fingerprint density at radius 2 is 2.09 bits per heavy atom. The van der Waals surface area contributed by atoms with Crippen molar-refractivity contribution >= 4 is 11.7 Å². The van der Waals surface area contributed by atoms with Crippen LogP contribution in [0.15, 0.2) is 18.2 Å². The second-order valence-electron chi connectivity index (χ2n) is 6.30. The first-order valence-corrected chi connectivity index (χ1v) is 8.47. The monoisotopic (exact) mass is 320 g/mol. The average Bonchev–Trinajstić information content (AvgIpc) is 2.57. The Labute approximate surface area is 138 Å². The number of methoxy groups -OCH3 is 1. The van der Waals surface area contributed by atoms with Crippen LogP contribution < -0.4 is 15.4 Å². The Morgan fingerprint density at radius 3 is 2.70 bits per heavy atom. The first-order chi connectivity index (χ1) is 11.1. The third-order valence-corrected chi connectivity index (χ3v) is 4.66. The standard InChI is InChI=1S/C18H28N2O3/c1-13-12-15(23-2)8-9-16(13)19-18(22)20-17(10-11-21)14-6-4-3-5-7-14/h8-9,12,14,17,21H,3-7,10-11H2,1-2H3,(H2,19,20,22). The normalized spacial score (nSPS) is 16.7. The Bertz CT molecular complexity index is 513. The fraction of sp³-hybridized carbons (Fsp3) is 0.611. The molecule has 0 saturated heterocycles. The summed E-state index contributed by atoms with van der Waals surface area (Å²) >= 11 is 0. The molecule has 0 spiro atoms. The second-order valence-corrected chi connectivity index (χ2v) is 6.30. The molecule has 1 unspecified atom stereocenters. The average molecular weight is 320 g/mol. The van der Waals surface area contributed by atoms with Crippen LogP contribution in [-0.4, -0.2) is 30.9 Å². The van der Waals surface area contributed by atoms with Crippen LogP contribution in [0, 0.1) is 12.8 Å². The largest absolute Gasteiger partial charge is 0.497 e. The summed E-state index contributed by atoms with van der Waals surface area (Å²) in [5.41, 5.74) is 1.73. The highest BCUT2D eigenvalue weighted by molar-refractivity contribution is 5.90. The van der Waals surface area contributed by atoms with Crippen LogP contribution >= 0.6 is 0 Å². The molecule has 128 valence electrons. The van der Waals surface area contributed by atoms with E-state index in [2.05, 4.69) is 10.6 Å². The van der Waals surface area contributed by atoms with Crippen LogP contribution in [0.2, 0.25) is 0 Å². The molecule has 1 atom stereocenters. The van der Waals surface area contributed by atoms with Gasteiger partial charge < -0.3 is 20.5 Å². The van der Waals surface area contributed by atoms with Crippen LogP contribution in [0.5, 0.6) is 5.75 Å². The van der Waals surface area contributed by atoms with Gasteiger partial charge in [-0.25, -0.2) is 4.79 Å². The number of anilines is 1. The Balaban J connectivity index is 1.95. The number of aliphatic hydroxyl groups is 1. The van der Waals surface area contributed by atoms with Crippen molar-refractivity contribution in [3.05, 3.63) is 23.8 Å². The summed E-state index contributed by atoms with van der Waals surface area (Å²) < 4.78 is 5.17. The quantitative estimate of drug-likeness (QED) is 0.752. The van der Waals surface area contributed by atoms with Crippen LogP contribution in [0.4, 0.5) is 10.5 Å². The summed E-state index contributed by atoms with van der Waals surface area (Å²) in [7, 11) is 1.62. The number of aliphatic hydroxyl groups excluding tert-OH is 1. The number of ether oxygens (including phenoxy) is 1. The number of urea groups is 1. The molecule has 1 saturated carbocycles. The van der Waals surface area contributed by atoms with Gasteiger partial charge in [-0.15, -0.1) is 0 Å². The summed E-state index contributed by atoms with van der Waals surface area (Å²) in [5.74, 6) is 1.24. The zero-order chi connectivity index (χ0) is 16.7. The molecule has 5 nitrogen and oxygen atoms in total. The summed E-state index contributed by atoms with van der Waals surface area (Å²) in [6, 6.07) is 5.40.